The zero-order chi connectivity index (χ0) is 25.8. The average Bonchev–Trinajstić information content (AvgIpc) is 3.22. The largest absolute Gasteiger partial charge is 0.497 e. The number of carbonyl (C=O) groups excluding carboxylic acids is 2. The first-order valence-corrected chi connectivity index (χ1v) is 12.1. The van der Waals surface area contributed by atoms with E-state index in [1.165, 1.54) is 4.90 Å². The predicted octanol–water partition coefficient (Wildman–Crippen LogP) is 5.98. The molecule has 0 spiro atoms. The van der Waals surface area contributed by atoms with E-state index in [1.807, 2.05) is 37.3 Å². The van der Waals surface area contributed by atoms with Crippen LogP contribution in [0.2, 0.25) is 10.0 Å². The average molecular weight is 517 g/mol. The molecule has 9 heteroatoms. The number of benzene rings is 2. The van der Waals surface area contributed by atoms with Gasteiger partial charge in [0.1, 0.15) is 18.1 Å². The molecule has 0 atom stereocenters. The van der Waals surface area contributed by atoms with E-state index >= 15 is 0 Å². The lowest BCUT2D eigenvalue weighted by Gasteiger charge is -2.22. The lowest BCUT2D eigenvalue weighted by atomic mass is 9.92. The maximum atomic E-state index is 13.1. The molecule has 0 bridgehead atoms. The molecule has 0 saturated carbocycles. The molecule has 0 saturated heterocycles. The first-order valence-electron chi connectivity index (χ1n) is 11.3. The molecule has 0 radical (unpaired) electrons. The molecule has 2 amide bonds. The molecular weight excluding hydrogens is 487 g/mol. The number of anilines is 1. The summed E-state index contributed by atoms with van der Waals surface area (Å²) in [7, 11) is 1.60. The third kappa shape index (κ3) is 6.77. The van der Waals surface area contributed by atoms with Crippen LogP contribution in [0.1, 0.15) is 50.2 Å². The molecule has 186 valence electrons. The van der Waals surface area contributed by atoms with Crippen LogP contribution in [0.15, 0.2) is 48.5 Å². The molecule has 3 rings (SSSR count). The highest BCUT2D eigenvalue weighted by atomic mass is 35.5. The van der Waals surface area contributed by atoms with Crippen molar-refractivity contribution in [2.45, 2.75) is 39.5 Å². The summed E-state index contributed by atoms with van der Waals surface area (Å²) < 4.78 is 6.93. The van der Waals surface area contributed by atoms with Gasteiger partial charge in [-0.25, -0.2) is 4.68 Å². The summed E-state index contributed by atoms with van der Waals surface area (Å²) in [5.74, 6) is 0.581. The lowest BCUT2D eigenvalue weighted by Crippen LogP contribution is -2.38. The molecule has 0 fully saturated rings. The van der Waals surface area contributed by atoms with Gasteiger partial charge in [-0.2, -0.15) is 5.10 Å². The zero-order valence-corrected chi connectivity index (χ0v) is 22.1. The summed E-state index contributed by atoms with van der Waals surface area (Å²) in [6, 6.07) is 13.9. The van der Waals surface area contributed by atoms with E-state index in [4.69, 9.17) is 33.0 Å². The molecule has 7 nitrogen and oxygen atoms in total. The van der Waals surface area contributed by atoms with E-state index < -0.39 is 0 Å². The first-order chi connectivity index (χ1) is 16.5. The second-order valence-electron chi connectivity index (χ2n) is 9.21. The van der Waals surface area contributed by atoms with E-state index in [2.05, 4.69) is 26.1 Å². The van der Waals surface area contributed by atoms with Gasteiger partial charge in [-0.05, 0) is 48.9 Å². The van der Waals surface area contributed by atoms with E-state index in [9.17, 15) is 9.59 Å². The van der Waals surface area contributed by atoms with Gasteiger partial charge in [0.25, 0.3) is 5.91 Å². The fourth-order valence-corrected chi connectivity index (χ4v) is 4.02. The van der Waals surface area contributed by atoms with Gasteiger partial charge in [-0.1, -0.05) is 50.9 Å². The molecule has 0 aliphatic carbocycles. The van der Waals surface area contributed by atoms with E-state index in [0.717, 1.165) is 17.1 Å². The minimum absolute atomic E-state index is 0.130. The van der Waals surface area contributed by atoms with Gasteiger partial charge in [0.2, 0.25) is 5.91 Å². The SMILES string of the molecule is CCCN(CC(=O)Nc1cc(C(C)(C)C)nn1-c1ccc(OC)cc1)C(=O)c1cc(Cl)cc(Cl)c1. The number of carbonyl (C=O) groups is 2. The van der Waals surface area contributed by atoms with Gasteiger partial charge in [0.05, 0.1) is 18.5 Å². The number of methoxy groups -OCH3 is 1. The van der Waals surface area contributed by atoms with Crippen molar-refractivity contribution in [2.75, 3.05) is 25.5 Å². The Morgan fingerprint density at radius 3 is 2.23 bits per heavy atom. The van der Waals surface area contributed by atoms with Crippen molar-refractivity contribution in [3.8, 4) is 11.4 Å². The Balaban J connectivity index is 1.86. The highest BCUT2D eigenvalue weighted by Crippen LogP contribution is 2.27. The fraction of sp³-hybridized carbons (Fsp3) is 0.346. The molecule has 1 N–H and O–H groups in total. The number of aromatic nitrogens is 2. The van der Waals surface area contributed by atoms with Crippen LogP contribution < -0.4 is 10.1 Å². The molecule has 2 aromatic carbocycles. The number of hydrogen-bond donors (Lipinski definition) is 1. The normalized spacial score (nSPS) is 11.3. The summed E-state index contributed by atoms with van der Waals surface area (Å²) in [6.45, 7) is 8.37. The summed E-state index contributed by atoms with van der Waals surface area (Å²) >= 11 is 12.1. The second kappa shape index (κ2) is 11.1. The first kappa shape index (κ1) is 26.6. The Hall–Kier alpha value is -3.03. The molecule has 3 aromatic rings. The van der Waals surface area contributed by atoms with Gasteiger partial charge in [0.15, 0.2) is 0 Å². The van der Waals surface area contributed by atoms with Crippen LogP contribution in [0.4, 0.5) is 5.82 Å². The minimum Gasteiger partial charge on any atom is -0.497 e. The smallest absolute Gasteiger partial charge is 0.254 e. The summed E-state index contributed by atoms with van der Waals surface area (Å²) in [5, 5.41) is 8.38. The standard InChI is InChI=1S/C26H30Cl2N4O3/c1-6-11-31(25(34)17-12-18(27)14-19(28)13-17)16-24(33)29-23-15-22(26(2,3)4)30-32(23)20-7-9-21(35-5)10-8-20/h7-10,12-15H,6,11,16H2,1-5H3,(H,29,33). The third-order valence-corrected chi connectivity index (χ3v) is 5.72. The Labute approximate surface area is 216 Å². The Morgan fingerprint density at radius 2 is 1.69 bits per heavy atom. The quantitative estimate of drug-likeness (QED) is 0.399. The third-order valence-electron chi connectivity index (χ3n) is 5.29. The number of nitrogens with one attached hydrogen (secondary N) is 1. The van der Waals surface area contributed by atoms with Gasteiger partial charge >= 0.3 is 0 Å². The number of nitrogens with zero attached hydrogens (tertiary/aromatic N) is 3. The lowest BCUT2D eigenvalue weighted by molar-refractivity contribution is -0.116. The fourth-order valence-electron chi connectivity index (χ4n) is 3.49. The van der Waals surface area contributed by atoms with Crippen molar-refractivity contribution in [3.63, 3.8) is 0 Å². The van der Waals surface area contributed by atoms with Crippen molar-refractivity contribution in [3.05, 3.63) is 69.8 Å². The highest BCUT2D eigenvalue weighted by Gasteiger charge is 2.23. The number of hydrogen-bond acceptors (Lipinski definition) is 4. The predicted molar refractivity (Wildman–Crippen MR) is 140 cm³/mol. The summed E-state index contributed by atoms with van der Waals surface area (Å²) in [5.41, 5.74) is 1.69. The Kier molecular flexibility index (Phi) is 8.46. The van der Waals surface area contributed by atoms with Gasteiger partial charge < -0.3 is 15.0 Å². The van der Waals surface area contributed by atoms with Gasteiger partial charge in [-0.15, -0.1) is 0 Å². The molecule has 1 aromatic heterocycles. The monoisotopic (exact) mass is 516 g/mol. The number of halogens is 2. The maximum absolute atomic E-state index is 13.1. The Bertz CT molecular complexity index is 1180. The summed E-state index contributed by atoms with van der Waals surface area (Å²) in [4.78, 5) is 27.7. The van der Waals surface area contributed by atoms with Crippen LogP contribution in [-0.4, -0.2) is 46.7 Å². The van der Waals surface area contributed by atoms with Crippen LogP contribution in [0.5, 0.6) is 5.75 Å². The van der Waals surface area contributed by atoms with Crippen molar-refractivity contribution >= 4 is 40.8 Å². The molecule has 1 heterocycles. The van der Waals surface area contributed by atoms with Crippen LogP contribution >= 0.6 is 23.2 Å². The van der Waals surface area contributed by atoms with Crippen LogP contribution in [0.3, 0.4) is 0 Å². The van der Waals surface area contributed by atoms with Crippen LogP contribution in [-0.2, 0) is 10.2 Å². The minimum atomic E-state index is -0.338. The topological polar surface area (TPSA) is 76.5 Å². The van der Waals surface area contributed by atoms with Crippen LogP contribution in [0, 0.1) is 0 Å². The molecule has 0 aliphatic heterocycles. The van der Waals surface area contributed by atoms with Gasteiger partial charge in [-0.3, -0.25) is 9.59 Å². The van der Waals surface area contributed by atoms with Crippen molar-refractivity contribution in [1.29, 1.82) is 0 Å². The highest BCUT2D eigenvalue weighted by molar-refractivity contribution is 6.35. The zero-order valence-electron chi connectivity index (χ0n) is 20.6. The molecule has 35 heavy (non-hydrogen) atoms. The Morgan fingerprint density at radius 1 is 1.06 bits per heavy atom. The molecule has 0 aliphatic rings. The van der Waals surface area contributed by atoms with Crippen molar-refractivity contribution in [1.82, 2.24) is 14.7 Å². The van der Waals surface area contributed by atoms with Crippen LogP contribution in [0.25, 0.3) is 5.69 Å². The number of amides is 2. The van der Waals surface area contributed by atoms with E-state index in [0.29, 0.717) is 34.4 Å². The number of rotatable bonds is 8. The molecule has 0 unspecified atom stereocenters. The van der Waals surface area contributed by atoms with E-state index in [1.54, 1.807) is 30.0 Å². The molecular formula is C26H30Cl2N4O3. The van der Waals surface area contributed by atoms with Crippen molar-refractivity contribution < 1.29 is 14.3 Å². The second-order valence-corrected chi connectivity index (χ2v) is 10.1. The van der Waals surface area contributed by atoms with E-state index in [-0.39, 0.29) is 23.8 Å². The summed E-state index contributed by atoms with van der Waals surface area (Å²) in [6.07, 6.45) is 0.686. The van der Waals surface area contributed by atoms with Gasteiger partial charge in [0, 0.05) is 33.6 Å². The van der Waals surface area contributed by atoms with Crippen molar-refractivity contribution in [2.24, 2.45) is 0 Å². The number of ether oxygens (including phenoxy) is 1. The maximum Gasteiger partial charge on any atom is 0.254 e.